The van der Waals surface area contributed by atoms with E-state index in [9.17, 15) is 4.79 Å². The van der Waals surface area contributed by atoms with Gasteiger partial charge < -0.3 is 14.5 Å². The van der Waals surface area contributed by atoms with Crippen LogP contribution >= 0.6 is 0 Å². The Kier molecular flexibility index (Phi) is 5.86. The fourth-order valence-corrected chi connectivity index (χ4v) is 5.47. The van der Waals surface area contributed by atoms with Crippen LogP contribution in [0, 0.1) is 0 Å². The van der Waals surface area contributed by atoms with Crippen LogP contribution in [0.5, 0.6) is 5.75 Å². The number of ketones is 1. The number of Topliss-reactive ketones (excluding diaryl/α,β-unsaturated/α-hetero) is 1. The third kappa shape index (κ3) is 4.16. The molecule has 0 amide bonds. The summed E-state index contributed by atoms with van der Waals surface area (Å²) < 4.78 is 5.52. The van der Waals surface area contributed by atoms with Crippen LogP contribution in [-0.4, -0.2) is 63.6 Å². The van der Waals surface area contributed by atoms with Gasteiger partial charge in [-0.05, 0) is 61.1 Å². The summed E-state index contributed by atoms with van der Waals surface area (Å²) in [6.07, 6.45) is 5.26. The van der Waals surface area contributed by atoms with Gasteiger partial charge in [0, 0.05) is 63.5 Å². The number of hydrogen-bond acceptors (Lipinski definition) is 5. The normalized spacial score (nSPS) is 18.6. The smallest absolute Gasteiger partial charge is 0.164 e. The van der Waals surface area contributed by atoms with Crippen LogP contribution < -0.4 is 14.5 Å². The highest BCUT2D eigenvalue weighted by Crippen LogP contribution is 2.36. The molecule has 0 N–H and O–H groups in total. The Morgan fingerprint density at radius 1 is 0.903 bits per heavy atom. The Balaban J connectivity index is 1.19. The predicted octanol–water partition coefficient (Wildman–Crippen LogP) is 3.79. The van der Waals surface area contributed by atoms with Crippen molar-refractivity contribution in [1.82, 2.24) is 4.90 Å². The van der Waals surface area contributed by atoms with Gasteiger partial charge in [-0.15, -0.1) is 0 Å². The molecule has 0 spiro atoms. The van der Waals surface area contributed by atoms with Gasteiger partial charge in [0.25, 0.3) is 0 Å². The standard InChI is InChI=1S/C26H33N3O2/c1-31-25-9-3-2-8-23(25)28-16-14-27(15-17-28)13-10-24(30)22-18-20-6-4-11-29-12-5-7-21(19-22)26(20)29/h2-3,8-9,18-19H,4-7,10-17H2,1H3. The van der Waals surface area contributed by atoms with Gasteiger partial charge in [-0.3, -0.25) is 9.69 Å². The van der Waals surface area contributed by atoms with E-state index in [1.807, 2.05) is 12.1 Å². The second kappa shape index (κ2) is 8.91. The first-order chi connectivity index (χ1) is 15.2. The average Bonchev–Trinajstić information content (AvgIpc) is 2.83. The van der Waals surface area contributed by atoms with Crippen LogP contribution in [0.15, 0.2) is 36.4 Å². The summed E-state index contributed by atoms with van der Waals surface area (Å²) in [7, 11) is 1.73. The van der Waals surface area contributed by atoms with E-state index in [-0.39, 0.29) is 0 Å². The summed E-state index contributed by atoms with van der Waals surface area (Å²) >= 11 is 0. The number of ether oxygens (including phenoxy) is 1. The summed E-state index contributed by atoms with van der Waals surface area (Å²) in [6.45, 7) is 7.09. The highest BCUT2D eigenvalue weighted by molar-refractivity contribution is 5.97. The highest BCUT2D eigenvalue weighted by atomic mass is 16.5. The molecule has 0 saturated carbocycles. The van der Waals surface area contributed by atoms with E-state index < -0.39 is 0 Å². The van der Waals surface area contributed by atoms with E-state index in [4.69, 9.17) is 4.74 Å². The molecule has 3 aliphatic rings. The third-order valence-electron chi connectivity index (χ3n) is 7.11. The Bertz CT molecular complexity index is 918. The Hall–Kier alpha value is -2.53. The highest BCUT2D eigenvalue weighted by Gasteiger charge is 2.26. The van der Waals surface area contributed by atoms with Crippen LogP contribution in [0.3, 0.4) is 0 Å². The summed E-state index contributed by atoms with van der Waals surface area (Å²) in [5, 5.41) is 0. The number of hydrogen-bond donors (Lipinski definition) is 0. The van der Waals surface area contributed by atoms with Gasteiger partial charge in [0.15, 0.2) is 5.78 Å². The predicted molar refractivity (Wildman–Crippen MR) is 126 cm³/mol. The van der Waals surface area contributed by atoms with Crippen molar-refractivity contribution in [3.8, 4) is 5.75 Å². The minimum Gasteiger partial charge on any atom is -0.495 e. The molecular weight excluding hydrogens is 386 g/mol. The Morgan fingerprint density at radius 3 is 2.26 bits per heavy atom. The van der Waals surface area contributed by atoms with E-state index >= 15 is 0 Å². The van der Waals surface area contributed by atoms with Crippen molar-refractivity contribution >= 4 is 17.2 Å². The second-order valence-electron chi connectivity index (χ2n) is 9.01. The van der Waals surface area contributed by atoms with E-state index in [1.165, 1.54) is 42.7 Å². The molecular formula is C26H33N3O2. The van der Waals surface area contributed by atoms with Crippen molar-refractivity contribution < 1.29 is 9.53 Å². The summed E-state index contributed by atoms with van der Waals surface area (Å²) in [6, 6.07) is 12.6. The number of aryl methyl sites for hydroxylation is 2. The quantitative estimate of drug-likeness (QED) is 0.666. The number of carbonyl (C=O) groups is 1. The van der Waals surface area contributed by atoms with Crippen molar-refractivity contribution in [2.24, 2.45) is 0 Å². The van der Waals surface area contributed by atoms with Crippen molar-refractivity contribution in [3.63, 3.8) is 0 Å². The van der Waals surface area contributed by atoms with Gasteiger partial charge in [-0.1, -0.05) is 12.1 Å². The molecule has 0 bridgehead atoms. The first-order valence-corrected chi connectivity index (χ1v) is 11.8. The lowest BCUT2D eigenvalue weighted by atomic mass is 9.89. The van der Waals surface area contributed by atoms with Crippen molar-refractivity contribution in [2.75, 3.05) is 62.7 Å². The zero-order valence-corrected chi connectivity index (χ0v) is 18.6. The van der Waals surface area contributed by atoms with Crippen molar-refractivity contribution in [3.05, 3.63) is 53.1 Å². The molecule has 2 aromatic rings. The lowest BCUT2D eigenvalue weighted by molar-refractivity contribution is 0.0962. The maximum absolute atomic E-state index is 13.0. The molecule has 2 aromatic carbocycles. The second-order valence-corrected chi connectivity index (χ2v) is 9.01. The lowest BCUT2D eigenvalue weighted by Crippen LogP contribution is -2.47. The average molecular weight is 420 g/mol. The molecule has 31 heavy (non-hydrogen) atoms. The van der Waals surface area contributed by atoms with E-state index in [0.29, 0.717) is 12.2 Å². The first-order valence-electron chi connectivity index (χ1n) is 11.8. The van der Waals surface area contributed by atoms with Crippen LogP contribution in [-0.2, 0) is 12.8 Å². The molecule has 0 atom stereocenters. The molecule has 0 unspecified atom stereocenters. The van der Waals surface area contributed by atoms with Crippen LogP contribution in [0.1, 0.15) is 40.7 Å². The fourth-order valence-electron chi connectivity index (χ4n) is 5.47. The number of benzene rings is 2. The number of para-hydroxylation sites is 2. The summed E-state index contributed by atoms with van der Waals surface area (Å²) in [5.74, 6) is 1.23. The van der Waals surface area contributed by atoms with E-state index in [0.717, 1.165) is 62.6 Å². The molecule has 0 radical (unpaired) electrons. The number of anilines is 2. The third-order valence-corrected chi connectivity index (χ3v) is 7.11. The van der Waals surface area contributed by atoms with Gasteiger partial charge in [0.2, 0.25) is 0 Å². The molecule has 1 fully saturated rings. The maximum Gasteiger partial charge on any atom is 0.164 e. The van der Waals surface area contributed by atoms with E-state index in [2.05, 4.69) is 39.0 Å². The summed E-state index contributed by atoms with van der Waals surface area (Å²) in [5.41, 5.74) is 6.35. The van der Waals surface area contributed by atoms with Crippen LogP contribution in [0.2, 0.25) is 0 Å². The number of rotatable bonds is 6. The minimum absolute atomic E-state index is 0.300. The van der Waals surface area contributed by atoms with Gasteiger partial charge in [0.05, 0.1) is 12.8 Å². The molecule has 164 valence electrons. The number of methoxy groups -OCH3 is 1. The topological polar surface area (TPSA) is 36.0 Å². The molecule has 0 aliphatic carbocycles. The SMILES string of the molecule is COc1ccccc1N1CCN(CCC(=O)c2cc3c4c(c2)CCCN4CCC3)CC1. The zero-order chi connectivity index (χ0) is 21.2. The van der Waals surface area contributed by atoms with E-state index in [1.54, 1.807) is 7.11 Å². The zero-order valence-electron chi connectivity index (χ0n) is 18.6. The summed E-state index contributed by atoms with van der Waals surface area (Å²) in [4.78, 5) is 20.4. The number of piperazine rings is 1. The largest absolute Gasteiger partial charge is 0.495 e. The van der Waals surface area contributed by atoms with Crippen LogP contribution in [0.25, 0.3) is 0 Å². The molecule has 5 rings (SSSR count). The van der Waals surface area contributed by atoms with Crippen molar-refractivity contribution in [2.45, 2.75) is 32.1 Å². The number of nitrogens with zero attached hydrogens (tertiary/aromatic N) is 3. The Labute approximate surface area is 185 Å². The van der Waals surface area contributed by atoms with Crippen molar-refractivity contribution in [1.29, 1.82) is 0 Å². The molecule has 1 saturated heterocycles. The maximum atomic E-state index is 13.0. The fraction of sp³-hybridized carbons (Fsp3) is 0.500. The Morgan fingerprint density at radius 2 is 1.58 bits per heavy atom. The lowest BCUT2D eigenvalue weighted by Gasteiger charge is -2.37. The minimum atomic E-state index is 0.300. The molecule has 5 heteroatoms. The van der Waals surface area contributed by atoms with Crippen LogP contribution in [0.4, 0.5) is 11.4 Å². The monoisotopic (exact) mass is 419 g/mol. The molecule has 3 heterocycles. The van der Waals surface area contributed by atoms with Gasteiger partial charge in [-0.25, -0.2) is 0 Å². The van der Waals surface area contributed by atoms with Gasteiger partial charge in [0.1, 0.15) is 5.75 Å². The molecule has 0 aromatic heterocycles. The van der Waals surface area contributed by atoms with Gasteiger partial charge in [-0.2, -0.15) is 0 Å². The number of carbonyl (C=O) groups excluding carboxylic acids is 1. The molecule has 3 aliphatic heterocycles. The first kappa shape index (κ1) is 20.4. The molecule has 5 nitrogen and oxygen atoms in total. The van der Waals surface area contributed by atoms with Gasteiger partial charge >= 0.3 is 0 Å².